The summed E-state index contributed by atoms with van der Waals surface area (Å²) in [6.45, 7) is 0.731. The Balaban J connectivity index is 0.000000279. The van der Waals surface area contributed by atoms with E-state index in [1.165, 1.54) is 16.5 Å². The number of imidazole rings is 1. The van der Waals surface area contributed by atoms with E-state index in [-0.39, 0.29) is 0 Å². The molecule has 2 heterocycles. The molecule has 0 atom stereocenters. The molecule has 27 heavy (non-hydrogen) atoms. The fourth-order valence-corrected chi connectivity index (χ4v) is 2.54. The summed E-state index contributed by atoms with van der Waals surface area (Å²) in [4.78, 5) is 26.5. The van der Waals surface area contributed by atoms with Gasteiger partial charge < -0.3 is 19.8 Å². The number of aromatic nitrogens is 3. The quantitative estimate of drug-likeness (QED) is 0.574. The van der Waals surface area contributed by atoms with E-state index in [0.29, 0.717) is 18.6 Å². The summed E-state index contributed by atoms with van der Waals surface area (Å²) in [5.74, 6) is -1.55. The number of aliphatic carboxylic acids is 2. The maximum atomic E-state index is 9.55. The molecule has 0 spiro atoms. The number of carboxylic acids is 2. The molecule has 1 aromatic carbocycles. The number of nitrogens with zero attached hydrogens (tertiary/aromatic N) is 3. The predicted molar refractivity (Wildman–Crippen MR) is 98.0 cm³/mol. The predicted octanol–water partition coefficient (Wildman–Crippen LogP) is 2.58. The van der Waals surface area contributed by atoms with Crippen LogP contribution in [-0.4, -0.2) is 36.7 Å². The number of carboxylic acid groups (broad SMARTS) is 2. The van der Waals surface area contributed by atoms with E-state index in [2.05, 4.69) is 38.9 Å². The van der Waals surface area contributed by atoms with E-state index in [1.54, 1.807) is 6.20 Å². The largest absolute Gasteiger partial charge is 0.478 e. The van der Waals surface area contributed by atoms with Crippen LogP contribution in [0.2, 0.25) is 0 Å². The summed E-state index contributed by atoms with van der Waals surface area (Å²) in [6.07, 6.45) is 8.16. The number of rotatable bonds is 6. The van der Waals surface area contributed by atoms with Gasteiger partial charge in [-0.15, -0.1) is 0 Å². The van der Waals surface area contributed by atoms with Crippen molar-refractivity contribution in [1.29, 1.82) is 5.26 Å². The lowest BCUT2D eigenvalue weighted by atomic mass is 10.1. The number of H-pyrrole nitrogens is 1. The van der Waals surface area contributed by atoms with Crippen molar-refractivity contribution in [3.63, 3.8) is 0 Å². The second-order valence-electron chi connectivity index (χ2n) is 5.50. The highest BCUT2D eigenvalue weighted by Crippen LogP contribution is 2.23. The van der Waals surface area contributed by atoms with E-state index in [9.17, 15) is 9.59 Å². The van der Waals surface area contributed by atoms with Crippen LogP contribution in [0, 0.1) is 11.3 Å². The molecule has 8 nitrogen and oxygen atoms in total. The maximum absolute atomic E-state index is 9.55. The van der Waals surface area contributed by atoms with Gasteiger partial charge in [-0.05, 0) is 11.6 Å². The van der Waals surface area contributed by atoms with E-state index in [1.807, 2.05) is 18.3 Å². The average molecular weight is 366 g/mol. The van der Waals surface area contributed by atoms with E-state index < -0.39 is 11.9 Å². The molecule has 3 aromatic rings. The zero-order valence-corrected chi connectivity index (χ0v) is 14.4. The third-order valence-electron chi connectivity index (χ3n) is 3.62. The second-order valence-corrected chi connectivity index (χ2v) is 5.50. The van der Waals surface area contributed by atoms with Gasteiger partial charge in [0.05, 0.1) is 12.5 Å². The minimum Gasteiger partial charge on any atom is -0.478 e. The Kier molecular flexibility index (Phi) is 6.91. The van der Waals surface area contributed by atoms with Crippen LogP contribution in [0.25, 0.3) is 10.9 Å². The Morgan fingerprint density at radius 3 is 2.52 bits per heavy atom. The number of hydrogen-bond donors (Lipinski definition) is 3. The molecule has 0 amide bonds. The number of fused-ring (bicyclic) bond motifs is 1. The van der Waals surface area contributed by atoms with Crippen molar-refractivity contribution in [2.75, 3.05) is 0 Å². The van der Waals surface area contributed by atoms with Gasteiger partial charge in [-0.3, -0.25) is 0 Å². The molecule has 3 N–H and O–H groups in total. The van der Waals surface area contributed by atoms with Crippen LogP contribution in [0.4, 0.5) is 0 Å². The van der Waals surface area contributed by atoms with Crippen LogP contribution in [0.1, 0.15) is 17.8 Å². The number of benzene rings is 1. The summed E-state index contributed by atoms with van der Waals surface area (Å²) in [5.41, 5.74) is 2.42. The van der Waals surface area contributed by atoms with Crippen molar-refractivity contribution >= 4 is 22.8 Å². The first-order chi connectivity index (χ1) is 13.0. The SMILES string of the molecule is N#CCCn1cc(Cc2ncc[nH]2)c2ccccc21.O=C(O)C=CC(=O)O. The van der Waals surface area contributed by atoms with E-state index >= 15 is 0 Å². The minimum absolute atomic E-state index is 0.527. The Hall–Kier alpha value is -3.86. The van der Waals surface area contributed by atoms with Crippen molar-refractivity contribution in [1.82, 2.24) is 14.5 Å². The third kappa shape index (κ3) is 5.86. The zero-order valence-electron chi connectivity index (χ0n) is 14.4. The molecule has 8 heteroatoms. The molecule has 0 saturated heterocycles. The number of aromatic amines is 1. The van der Waals surface area contributed by atoms with E-state index in [4.69, 9.17) is 15.5 Å². The van der Waals surface area contributed by atoms with Gasteiger partial charge in [-0.1, -0.05) is 18.2 Å². The van der Waals surface area contributed by atoms with Gasteiger partial charge in [-0.2, -0.15) is 5.26 Å². The number of para-hydroxylation sites is 1. The number of hydrogen-bond acceptors (Lipinski definition) is 4. The van der Waals surface area contributed by atoms with Gasteiger partial charge in [0.1, 0.15) is 5.82 Å². The van der Waals surface area contributed by atoms with Crippen molar-refractivity contribution in [3.8, 4) is 6.07 Å². The van der Waals surface area contributed by atoms with Crippen LogP contribution in [0.3, 0.4) is 0 Å². The van der Waals surface area contributed by atoms with Crippen molar-refractivity contribution < 1.29 is 19.8 Å². The Morgan fingerprint density at radius 2 is 1.93 bits per heavy atom. The van der Waals surface area contributed by atoms with Gasteiger partial charge in [0, 0.05) is 54.6 Å². The van der Waals surface area contributed by atoms with Crippen LogP contribution >= 0.6 is 0 Å². The van der Waals surface area contributed by atoms with Gasteiger partial charge in [0.2, 0.25) is 0 Å². The summed E-state index contributed by atoms with van der Waals surface area (Å²) >= 11 is 0. The zero-order chi connectivity index (χ0) is 19.6. The molecule has 0 aliphatic carbocycles. The molecule has 0 aliphatic rings. The van der Waals surface area contributed by atoms with Crippen molar-refractivity contribution in [2.45, 2.75) is 19.4 Å². The van der Waals surface area contributed by atoms with Crippen LogP contribution in [0.5, 0.6) is 0 Å². The topological polar surface area (TPSA) is 132 Å². The van der Waals surface area contributed by atoms with Crippen LogP contribution < -0.4 is 0 Å². The number of carbonyl (C=O) groups is 2. The molecular formula is C19H18N4O4. The van der Waals surface area contributed by atoms with Gasteiger partial charge >= 0.3 is 11.9 Å². The highest BCUT2D eigenvalue weighted by Gasteiger charge is 2.09. The summed E-state index contributed by atoms with van der Waals surface area (Å²) in [7, 11) is 0. The lowest BCUT2D eigenvalue weighted by molar-refractivity contribution is -0.134. The monoisotopic (exact) mass is 366 g/mol. The van der Waals surface area contributed by atoms with E-state index in [0.717, 1.165) is 18.8 Å². The number of nitriles is 1. The maximum Gasteiger partial charge on any atom is 0.328 e. The minimum atomic E-state index is -1.26. The summed E-state index contributed by atoms with van der Waals surface area (Å²) in [6, 6.07) is 10.5. The third-order valence-corrected chi connectivity index (χ3v) is 3.62. The molecule has 0 saturated carbocycles. The normalized spacial score (nSPS) is 10.3. The average Bonchev–Trinajstić information content (AvgIpc) is 3.28. The molecule has 0 fully saturated rings. The lowest BCUT2D eigenvalue weighted by Crippen LogP contribution is -1.94. The Bertz CT molecular complexity index is 965. The Labute approximate surface area is 155 Å². The van der Waals surface area contributed by atoms with Crippen molar-refractivity contribution in [2.24, 2.45) is 0 Å². The van der Waals surface area contributed by atoms with Gasteiger partial charge in [0.25, 0.3) is 0 Å². The summed E-state index contributed by atoms with van der Waals surface area (Å²) in [5, 5.41) is 25.6. The standard InChI is InChI=1S/C15H14N4.C4H4O4/c16-6-3-9-19-11-12(10-15-17-7-8-18-15)13-4-1-2-5-14(13)19;5-3(6)1-2-4(7)8/h1-2,4-5,7-8,11H,3,9-10H2,(H,17,18);1-2H,(H,5,6)(H,7,8). The van der Waals surface area contributed by atoms with Gasteiger partial charge in [-0.25, -0.2) is 14.6 Å². The van der Waals surface area contributed by atoms with Crippen LogP contribution in [-0.2, 0) is 22.6 Å². The number of nitrogens with one attached hydrogen (secondary N) is 1. The Morgan fingerprint density at radius 1 is 1.22 bits per heavy atom. The smallest absolute Gasteiger partial charge is 0.328 e. The fraction of sp³-hybridized carbons (Fsp3) is 0.158. The first-order valence-corrected chi connectivity index (χ1v) is 8.07. The highest BCUT2D eigenvalue weighted by molar-refractivity contribution is 5.89. The van der Waals surface area contributed by atoms with Gasteiger partial charge in [0.15, 0.2) is 0 Å². The first kappa shape index (κ1) is 19.5. The fourth-order valence-electron chi connectivity index (χ4n) is 2.54. The molecule has 2 aromatic heterocycles. The van der Waals surface area contributed by atoms with Crippen LogP contribution in [0.15, 0.2) is 55.0 Å². The molecule has 0 unspecified atom stereocenters. The molecule has 0 radical (unpaired) electrons. The second kappa shape index (κ2) is 9.58. The van der Waals surface area contributed by atoms with Crippen molar-refractivity contribution in [3.05, 3.63) is 66.4 Å². The molecule has 138 valence electrons. The lowest BCUT2D eigenvalue weighted by Gasteiger charge is -2.00. The molecule has 3 rings (SSSR count). The number of aryl methyl sites for hydroxylation is 1. The first-order valence-electron chi connectivity index (χ1n) is 8.07. The molecule has 0 bridgehead atoms. The molecular weight excluding hydrogens is 348 g/mol. The molecule has 0 aliphatic heterocycles. The highest BCUT2D eigenvalue weighted by atomic mass is 16.4. The summed E-state index contributed by atoms with van der Waals surface area (Å²) < 4.78 is 2.15.